The minimum atomic E-state index is -3.73. The van der Waals surface area contributed by atoms with Gasteiger partial charge < -0.3 is 10.1 Å². The Balaban J connectivity index is 1.59. The highest BCUT2D eigenvalue weighted by Crippen LogP contribution is 2.23. The Labute approximate surface area is 157 Å². The lowest BCUT2D eigenvalue weighted by Crippen LogP contribution is -2.53. The van der Waals surface area contributed by atoms with E-state index < -0.39 is 33.3 Å². The fourth-order valence-corrected chi connectivity index (χ4v) is 5.08. The van der Waals surface area contributed by atoms with E-state index in [2.05, 4.69) is 10.6 Å². The van der Waals surface area contributed by atoms with E-state index in [4.69, 9.17) is 10.00 Å². The van der Waals surface area contributed by atoms with E-state index in [1.807, 2.05) is 6.07 Å². The second kappa shape index (κ2) is 7.17. The first-order chi connectivity index (χ1) is 12.7. The summed E-state index contributed by atoms with van der Waals surface area (Å²) in [5, 5.41) is 13.4. The van der Waals surface area contributed by atoms with E-state index in [1.165, 1.54) is 11.2 Å². The van der Waals surface area contributed by atoms with Gasteiger partial charge in [-0.25, -0.2) is 17.5 Å². The van der Waals surface area contributed by atoms with Crippen molar-refractivity contribution in [2.75, 3.05) is 18.8 Å². The molecule has 0 aliphatic carbocycles. The third-order valence-electron chi connectivity index (χ3n) is 4.65. The fraction of sp³-hybridized carbons (Fsp3) is 0.471. The largest absolute Gasteiger partial charge is 0.490 e. The van der Waals surface area contributed by atoms with Gasteiger partial charge in [0.1, 0.15) is 17.4 Å². The van der Waals surface area contributed by atoms with Crippen LogP contribution in [0.25, 0.3) is 0 Å². The summed E-state index contributed by atoms with van der Waals surface area (Å²) in [6.07, 6.45) is 0.826. The maximum absolute atomic E-state index is 12.7. The van der Waals surface area contributed by atoms with Gasteiger partial charge in [0.05, 0.1) is 17.4 Å². The van der Waals surface area contributed by atoms with E-state index in [-0.39, 0.29) is 19.2 Å². The second-order valence-corrected chi connectivity index (χ2v) is 8.82. The minimum Gasteiger partial charge on any atom is -0.490 e. The van der Waals surface area contributed by atoms with Gasteiger partial charge >= 0.3 is 6.03 Å². The molecule has 0 unspecified atom stereocenters. The number of ether oxygens (including phenoxy) is 1. The van der Waals surface area contributed by atoms with Crippen LogP contribution in [0.2, 0.25) is 0 Å². The summed E-state index contributed by atoms with van der Waals surface area (Å²) in [6, 6.07) is 8.17. The summed E-state index contributed by atoms with van der Waals surface area (Å²) >= 11 is 0. The van der Waals surface area contributed by atoms with Crippen LogP contribution in [0, 0.1) is 11.3 Å². The number of nitrogens with one attached hydrogen (secondary N) is 2. The number of urea groups is 1. The highest BCUT2D eigenvalue weighted by Gasteiger charge is 2.46. The minimum absolute atomic E-state index is 0.157. The molecule has 0 spiro atoms. The number of hydrogen-bond acceptors (Lipinski definition) is 6. The number of nitrogens with zero attached hydrogens (tertiary/aromatic N) is 2. The number of piperidine rings is 1. The lowest BCUT2D eigenvalue weighted by atomic mass is 10.1. The molecular formula is C17H20N4O5S. The van der Waals surface area contributed by atoms with Gasteiger partial charge in [-0.05, 0) is 38.0 Å². The van der Waals surface area contributed by atoms with Crippen molar-refractivity contribution in [2.45, 2.75) is 31.4 Å². The molecule has 2 N–H and O–H groups in total. The third-order valence-corrected chi connectivity index (χ3v) is 6.74. The summed E-state index contributed by atoms with van der Waals surface area (Å²) in [7, 11) is -3.73. The van der Waals surface area contributed by atoms with Crippen molar-refractivity contribution in [1.82, 2.24) is 14.9 Å². The zero-order valence-corrected chi connectivity index (χ0v) is 15.6. The van der Waals surface area contributed by atoms with Crippen molar-refractivity contribution in [2.24, 2.45) is 0 Å². The molecule has 2 heterocycles. The molecule has 0 aromatic heterocycles. The van der Waals surface area contributed by atoms with E-state index in [9.17, 15) is 18.0 Å². The van der Waals surface area contributed by atoms with Crippen molar-refractivity contribution in [1.29, 1.82) is 5.26 Å². The number of benzene rings is 1. The maximum atomic E-state index is 12.7. The molecule has 2 fully saturated rings. The first-order valence-electron chi connectivity index (χ1n) is 8.50. The molecule has 10 heteroatoms. The highest BCUT2D eigenvalue weighted by atomic mass is 32.2. The number of carbonyl (C=O) groups is 2. The summed E-state index contributed by atoms with van der Waals surface area (Å²) < 4.78 is 32.5. The quantitative estimate of drug-likeness (QED) is 0.695. The van der Waals surface area contributed by atoms with E-state index in [0.29, 0.717) is 24.2 Å². The molecule has 2 aliphatic rings. The number of hydrogen-bond donors (Lipinski definition) is 2. The average Bonchev–Trinajstić information content (AvgIpc) is 2.86. The Kier molecular flexibility index (Phi) is 5.08. The lowest BCUT2D eigenvalue weighted by Gasteiger charge is -2.33. The first-order valence-corrected chi connectivity index (χ1v) is 10.1. The Hall–Kier alpha value is -2.64. The van der Waals surface area contributed by atoms with Crippen LogP contribution in [-0.4, -0.2) is 55.1 Å². The molecule has 1 atom stereocenters. The highest BCUT2D eigenvalue weighted by molar-refractivity contribution is 7.89. The zero-order chi connectivity index (χ0) is 19.7. The molecule has 27 heavy (non-hydrogen) atoms. The Morgan fingerprint density at radius 3 is 2.63 bits per heavy atom. The van der Waals surface area contributed by atoms with Crippen molar-refractivity contribution < 1.29 is 22.7 Å². The van der Waals surface area contributed by atoms with Gasteiger partial charge in [0.2, 0.25) is 10.0 Å². The monoisotopic (exact) mass is 392 g/mol. The van der Waals surface area contributed by atoms with Crippen LogP contribution < -0.4 is 15.4 Å². The molecule has 2 aliphatic heterocycles. The average molecular weight is 392 g/mol. The van der Waals surface area contributed by atoms with Gasteiger partial charge in [0.15, 0.2) is 0 Å². The summed E-state index contributed by atoms with van der Waals surface area (Å²) in [6.45, 7) is 1.91. The predicted octanol–water partition coefficient (Wildman–Crippen LogP) is 0.329. The van der Waals surface area contributed by atoms with Crippen LogP contribution in [0.1, 0.15) is 25.3 Å². The molecule has 3 rings (SSSR count). The molecule has 144 valence electrons. The zero-order valence-electron chi connectivity index (χ0n) is 14.8. The van der Waals surface area contributed by atoms with Gasteiger partial charge in [0, 0.05) is 13.1 Å². The van der Waals surface area contributed by atoms with E-state index >= 15 is 0 Å². The van der Waals surface area contributed by atoms with Crippen LogP contribution in [-0.2, 0) is 14.8 Å². The number of amides is 3. The number of imide groups is 1. The Morgan fingerprint density at radius 2 is 2.04 bits per heavy atom. The van der Waals surface area contributed by atoms with Crippen LogP contribution in [0.15, 0.2) is 24.3 Å². The van der Waals surface area contributed by atoms with Crippen LogP contribution in [0.5, 0.6) is 5.75 Å². The molecule has 0 bridgehead atoms. The first kappa shape index (κ1) is 19.1. The van der Waals surface area contributed by atoms with Gasteiger partial charge in [-0.15, -0.1) is 0 Å². The topological polar surface area (TPSA) is 129 Å². The standard InChI is InChI=1S/C17H20N4O5S/c1-17(15(22)19-16(23)20-17)11-27(24,25)21-7-5-13(6-8-21)26-14-4-2-3-12(9-14)10-18/h2-4,9,13H,5-8,11H2,1H3,(H2,19,20,22,23)/t17-/m1/s1. The molecule has 0 saturated carbocycles. The predicted molar refractivity (Wildman–Crippen MR) is 95.2 cm³/mol. The number of nitriles is 1. The molecule has 1 aromatic rings. The fourth-order valence-electron chi connectivity index (χ4n) is 3.20. The molecular weight excluding hydrogens is 372 g/mol. The number of rotatable bonds is 5. The summed E-state index contributed by atoms with van der Waals surface area (Å²) in [4.78, 5) is 23.2. The smallest absolute Gasteiger partial charge is 0.322 e. The Morgan fingerprint density at radius 1 is 1.33 bits per heavy atom. The van der Waals surface area contributed by atoms with E-state index in [0.717, 1.165) is 0 Å². The van der Waals surface area contributed by atoms with Crippen molar-refractivity contribution in [3.8, 4) is 11.8 Å². The second-order valence-electron chi connectivity index (χ2n) is 6.85. The maximum Gasteiger partial charge on any atom is 0.322 e. The van der Waals surface area contributed by atoms with Crippen molar-refractivity contribution in [3.63, 3.8) is 0 Å². The number of carbonyl (C=O) groups excluding carboxylic acids is 2. The molecule has 9 nitrogen and oxygen atoms in total. The van der Waals surface area contributed by atoms with Crippen molar-refractivity contribution >= 4 is 22.0 Å². The molecule has 0 radical (unpaired) electrons. The third kappa shape index (κ3) is 4.20. The van der Waals surface area contributed by atoms with E-state index in [1.54, 1.807) is 24.3 Å². The van der Waals surface area contributed by atoms with Gasteiger partial charge in [0.25, 0.3) is 5.91 Å². The normalized spacial score (nSPS) is 24.1. The SMILES string of the molecule is C[C@]1(CS(=O)(=O)N2CCC(Oc3cccc(C#N)c3)CC2)NC(=O)NC1=O. The van der Waals surface area contributed by atoms with Crippen LogP contribution >= 0.6 is 0 Å². The Bertz CT molecular complexity index is 902. The van der Waals surface area contributed by atoms with Crippen LogP contribution in [0.4, 0.5) is 4.79 Å². The summed E-state index contributed by atoms with van der Waals surface area (Å²) in [5.74, 6) is -0.562. The molecule has 2 saturated heterocycles. The molecule has 3 amide bonds. The van der Waals surface area contributed by atoms with Crippen molar-refractivity contribution in [3.05, 3.63) is 29.8 Å². The van der Waals surface area contributed by atoms with Gasteiger partial charge in [-0.3, -0.25) is 10.1 Å². The van der Waals surface area contributed by atoms with Gasteiger partial charge in [-0.1, -0.05) is 6.07 Å². The van der Waals surface area contributed by atoms with Crippen LogP contribution in [0.3, 0.4) is 0 Å². The summed E-state index contributed by atoms with van der Waals surface area (Å²) in [5.41, 5.74) is -0.973. The van der Waals surface area contributed by atoms with Gasteiger partial charge in [-0.2, -0.15) is 5.26 Å². The lowest BCUT2D eigenvalue weighted by molar-refractivity contribution is -0.122. The molecule has 1 aromatic carbocycles. The number of sulfonamides is 1.